The molecule has 17 heavy (non-hydrogen) atoms. The molecule has 0 saturated heterocycles. The number of benzene rings is 1. The highest BCUT2D eigenvalue weighted by molar-refractivity contribution is 5.91. The molecule has 0 saturated carbocycles. The van der Waals surface area contributed by atoms with Crippen LogP contribution in [0.25, 0.3) is 0 Å². The molecule has 0 aliphatic heterocycles. The number of nitrogens with two attached hydrogens (primary N) is 1. The summed E-state index contributed by atoms with van der Waals surface area (Å²) in [5.74, 6) is -0.520. The Labute approximate surface area is 99.5 Å². The molecule has 1 aromatic carbocycles. The highest BCUT2D eigenvalue weighted by Gasteiger charge is 2.02. The van der Waals surface area contributed by atoms with Gasteiger partial charge in [0.2, 0.25) is 0 Å². The Balaban J connectivity index is 2.04. The topological polar surface area (TPSA) is 68.0 Å². The molecule has 0 radical (unpaired) electrons. The molecule has 4 nitrogen and oxygen atoms in total. The number of hydrogen-bond acceptors (Lipinski definition) is 3. The van der Waals surface area contributed by atoms with Gasteiger partial charge in [0.25, 0.3) is 5.91 Å². The second-order valence-corrected chi connectivity index (χ2v) is 3.63. The van der Waals surface area contributed by atoms with Gasteiger partial charge in [0.05, 0.1) is 0 Å². The number of rotatable bonds is 4. The minimum atomic E-state index is -0.520. The number of carbonyl (C=O) groups is 1. The monoisotopic (exact) mass is 227 g/mol. The fourth-order valence-electron chi connectivity index (χ4n) is 1.48. The number of aromatic nitrogens is 1. The van der Waals surface area contributed by atoms with Crippen LogP contribution in [-0.2, 0) is 6.54 Å². The summed E-state index contributed by atoms with van der Waals surface area (Å²) in [6.45, 7) is 0.697. The summed E-state index contributed by atoms with van der Waals surface area (Å²) >= 11 is 0. The van der Waals surface area contributed by atoms with Crippen LogP contribution in [0.5, 0.6) is 0 Å². The minimum Gasteiger partial charge on any atom is -0.381 e. The molecule has 1 amide bonds. The first kappa shape index (κ1) is 11.1. The van der Waals surface area contributed by atoms with Gasteiger partial charge in [-0.1, -0.05) is 30.3 Å². The number of anilines is 1. The van der Waals surface area contributed by atoms with E-state index in [-0.39, 0.29) is 5.69 Å². The molecule has 0 aliphatic rings. The number of amides is 1. The van der Waals surface area contributed by atoms with Gasteiger partial charge in [-0.2, -0.15) is 0 Å². The minimum absolute atomic E-state index is 0.267. The molecule has 2 rings (SSSR count). The molecule has 86 valence electrons. The van der Waals surface area contributed by atoms with Crippen LogP contribution in [0.3, 0.4) is 0 Å². The van der Waals surface area contributed by atoms with Crippen molar-refractivity contribution in [3.05, 3.63) is 59.9 Å². The van der Waals surface area contributed by atoms with Crippen molar-refractivity contribution in [3.8, 4) is 0 Å². The number of hydrogen-bond donors (Lipinski definition) is 2. The second kappa shape index (κ2) is 5.12. The van der Waals surface area contributed by atoms with E-state index in [2.05, 4.69) is 10.3 Å². The summed E-state index contributed by atoms with van der Waals surface area (Å²) in [7, 11) is 0. The molecule has 3 N–H and O–H groups in total. The van der Waals surface area contributed by atoms with E-state index < -0.39 is 5.91 Å². The van der Waals surface area contributed by atoms with Gasteiger partial charge in [-0.05, 0) is 17.7 Å². The Morgan fingerprint density at radius 3 is 2.71 bits per heavy atom. The smallest absolute Gasteiger partial charge is 0.267 e. The lowest BCUT2D eigenvalue weighted by atomic mass is 10.2. The first-order valence-electron chi connectivity index (χ1n) is 5.29. The SMILES string of the molecule is NC(=O)c1cc(NCc2ccccc2)ccn1. The van der Waals surface area contributed by atoms with Gasteiger partial charge < -0.3 is 11.1 Å². The quantitative estimate of drug-likeness (QED) is 0.836. The number of carbonyl (C=O) groups excluding carboxylic acids is 1. The zero-order chi connectivity index (χ0) is 12.1. The summed E-state index contributed by atoms with van der Waals surface area (Å²) in [4.78, 5) is 14.8. The molecule has 0 atom stereocenters. The van der Waals surface area contributed by atoms with Crippen molar-refractivity contribution >= 4 is 11.6 Å². The predicted octanol–water partition coefficient (Wildman–Crippen LogP) is 1.79. The highest BCUT2D eigenvalue weighted by Crippen LogP contribution is 2.09. The van der Waals surface area contributed by atoms with Gasteiger partial charge in [0.15, 0.2) is 0 Å². The van der Waals surface area contributed by atoms with E-state index in [0.29, 0.717) is 6.54 Å². The normalized spacial score (nSPS) is 9.88. The van der Waals surface area contributed by atoms with Gasteiger partial charge in [0.1, 0.15) is 5.69 Å². The molecule has 4 heteroatoms. The van der Waals surface area contributed by atoms with Crippen molar-refractivity contribution in [2.75, 3.05) is 5.32 Å². The Hall–Kier alpha value is -2.36. The first-order chi connectivity index (χ1) is 8.25. The van der Waals surface area contributed by atoms with Crippen LogP contribution < -0.4 is 11.1 Å². The zero-order valence-corrected chi connectivity index (χ0v) is 9.26. The van der Waals surface area contributed by atoms with E-state index in [4.69, 9.17) is 5.73 Å². The largest absolute Gasteiger partial charge is 0.381 e. The molecule has 0 unspecified atom stereocenters. The summed E-state index contributed by atoms with van der Waals surface area (Å²) in [5, 5.41) is 3.21. The summed E-state index contributed by atoms with van der Waals surface area (Å²) in [5.41, 5.74) is 7.43. The molecule has 0 bridgehead atoms. The molecule has 0 spiro atoms. The fraction of sp³-hybridized carbons (Fsp3) is 0.0769. The van der Waals surface area contributed by atoms with Gasteiger partial charge in [-0.15, -0.1) is 0 Å². The first-order valence-corrected chi connectivity index (χ1v) is 5.29. The van der Waals surface area contributed by atoms with Crippen molar-refractivity contribution < 1.29 is 4.79 Å². The van der Waals surface area contributed by atoms with Crippen LogP contribution in [-0.4, -0.2) is 10.9 Å². The predicted molar refractivity (Wildman–Crippen MR) is 66.5 cm³/mol. The van der Waals surface area contributed by atoms with Crippen LogP contribution in [0, 0.1) is 0 Å². The second-order valence-electron chi connectivity index (χ2n) is 3.63. The van der Waals surface area contributed by atoms with Gasteiger partial charge in [-0.3, -0.25) is 9.78 Å². The van der Waals surface area contributed by atoms with Crippen molar-refractivity contribution in [2.45, 2.75) is 6.54 Å². The molecular weight excluding hydrogens is 214 g/mol. The standard InChI is InChI=1S/C13H13N3O/c14-13(17)12-8-11(6-7-15-12)16-9-10-4-2-1-3-5-10/h1-8H,9H2,(H2,14,17)(H,15,16). The summed E-state index contributed by atoms with van der Waals surface area (Å²) < 4.78 is 0. The van der Waals surface area contributed by atoms with Crippen LogP contribution in [0.15, 0.2) is 48.7 Å². The average Bonchev–Trinajstić information content (AvgIpc) is 2.38. The molecule has 0 aliphatic carbocycles. The van der Waals surface area contributed by atoms with E-state index in [1.54, 1.807) is 18.3 Å². The van der Waals surface area contributed by atoms with Crippen molar-refractivity contribution in [2.24, 2.45) is 5.73 Å². The number of pyridine rings is 1. The highest BCUT2D eigenvalue weighted by atomic mass is 16.1. The van der Waals surface area contributed by atoms with Gasteiger partial charge in [-0.25, -0.2) is 0 Å². The Bertz CT molecular complexity index is 511. The van der Waals surface area contributed by atoms with Crippen molar-refractivity contribution in [3.63, 3.8) is 0 Å². The maximum atomic E-state index is 11.0. The van der Waals surface area contributed by atoms with Crippen molar-refractivity contribution in [1.82, 2.24) is 4.98 Å². The van der Waals surface area contributed by atoms with Gasteiger partial charge >= 0.3 is 0 Å². The lowest BCUT2D eigenvalue weighted by Gasteiger charge is -2.06. The Morgan fingerprint density at radius 1 is 1.24 bits per heavy atom. The van der Waals surface area contributed by atoms with Crippen LogP contribution in [0.1, 0.15) is 16.1 Å². The third-order valence-electron chi connectivity index (χ3n) is 2.35. The van der Waals surface area contributed by atoms with E-state index in [9.17, 15) is 4.79 Å². The lowest BCUT2D eigenvalue weighted by Crippen LogP contribution is -2.13. The maximum absolute atomic E-state index is 11.0. The third kappa shape index (κ3) is 3.04. The fourth-order valence-corrected chi connectivity index (χ4v) is 1.48. The van der Waals surface area contributed by atoms with E-state index in [1.807, 2.05) is 30.3 Å². The average molecular weight is 227 g/mol. The Morgan fingerprint density at radius 2 is 2.00 bits per heavy atom. The molecule has 2 aromatic rings. The summed E-state index contributed by atoms with van der Waals surface area (Å²) in [6.07, 6.45) is 1.56. The Kier molecular flexibility index (Phi) is 3.35. The third-order valence-corrected chi connectivity index (χ3v) is 2.35. The van der Waals surface area contributed by atoms with Crippen LogP contribution in [0.4, 0.5) is 5.69 Å². The summed E-state index contributed by atoms with van der Waals surface area (Å²) in [6, 6.07) is 13.4. The molecule has 0 fully saturated rings. The van der Waals surface area contributed by atoms with Gasteiger partial charge in [0, 0.05) is 18.4 Å². The number of nitrogens with zero attached hydrogens (tertiary/aromatic N) is 1. The molecular formula is C13H13N3O. The van der Waals surface area contributed by atoms with Crippen molar-refractivity contribution in [1.29, 1.82) is 0 Å². The number of nitrogens with one attached hydrogen (secondary N) is 1. The van der Waals surface area contributed by atoms with E-state index in [0.717, 1.165) is 5.69 Å². The molecule has 1 heterocycles. The van der Waals surface area contributed by atoms with E-state index in [1.165, 1.54) is 5.56 Å². The number of primary amides is 1. The van der Waals surface area contributed by atoms with Crippen LogP contribution in [0.2, 0.25) is 0 Å². The van der Waals surface area contributed by atoms with E-state index >= 15 is 0 Å². The lowest BCUT2D eigenvalue weighted by molar-refractivity contribution is 0.0995. The maximum Gasteiger partial charge on any atom is 0.267 e. The molecule has 1 aromatic heterocycles. The zero-order valence-electron chi connectivity index (χ0n) is 9.26. The van der Waals surface area contributed by atoms with Crippen LogP contribution >= 0.6 is 0 Å².